The standard InChI is InChI=1S/C18H21BrFN3O/c1-3-22(4-2)10-11-23(16-7-5-6-15(19)13-16)18(24)14-8-9-21-17(20)12-14/h5-9,12-13H,3-4,10-11H2,1-2H3. The molecule has 0 radical (unpaired) electrons. The minimum Gasteiger partial charge on any atom is -0.307 e. The number of aromatic nitrogens is 1. The minimum absolute atomic E-state index is 0.235. The molecule has 2 rings (SSSR count). The van der Waals surface area contributed by atoms with Crippen LogP contribution in [0.5, 0.6) is 0 Å². The summed E-state index contributed by atoms with van der Waals surface area (Å²) in [7, 11) is 0. The van der Waals surface area contributed by atoms with Gasteiger partial charge in [-0.25, -0.2) is 4.98 Å². The van der Waals surface area contributed by atoms with Crippen molar-refractivity contribution < 1.29 is 9.18 Å². The Hall–Kier alpha value is -1.79. The lowest BCUT2D eigenvalue weighted by molar-refractivity contribution is 0.0983. The van der Waals surface area contributed by atoms with Crippen molar-refractivity contribution in [1.29, 1.82) is 0 Å². The van der Waals surface area contributed by atoms with E-state index in [-0.39, 0.29) is 5.91 Å². The molecule has 0 aliphatic carbocycles. The molecule has 1 amide bonds. The fourth-order valence-electron chi connectivity index (χ4n) is 2.46. The van der Waals surface area contributed by atoms with Gasteiger partial charge in [-0.15, -0.1) is 0 Å². The molecule has 2 aromatic rings. The van der Waals surface area contributed by atoms with E-state index >= 15 is 0 Å². The highest BCUT2D eigenvalue weighted by atomic mass is 79.9. The van der Waals surface area contributed by atoms with E-state index in [4.69, 9.17) is 0 Å². The number of pyridine rings is 1. The quantitative estimate of drug-likeness (QED) is 0.667. The first-order valence-corrected chi connectivity index (χ1v) is 8.75. The average Bonchev–Trinajstić information content (AvgIpc) is 2.58. The van der Waals surface area contributed by atoms with E-state index in [1.165, 1.54) is 18.3 Å². The molecule has 0 aliphatic rings. The Kier molecular flexibility index (Phi) is 6.87. The van der Waals surface area contributed by atoms with Crippen molar-refractivity contribution in [1.82, 2.24) is 9.88 Å². The van der Waals surface area contributed by atoms with Gasteiger partial charge in [-0.2, -0.15) is 4.39 Å². The molecule has 0 spiro atoms. The maximum Gasteiger partial charge on any atom is 0.258 e. The van der Waals surface area contributed by atoms with Crippen molar-refractivity contribution in [2.45, 2.75) is 13.8 Å². The Morgan fingerprint density at radius 3 is 2.54 bits per heavy atom. The van der Waals surface area contributed by atoms with Gasteiger partial charge in [0.15, 0.2) is 0 Å². The van der Waals surface area contributed by atoms with Gasteiger partial charge in [0.05, 0.1) is 0 Å². The Morgan fingerprint density at radius 1 is 1.17 bits per heavy atom. The highest BCUT2D eigenvalue weighted by Gasteiger charge is 2.19. The summed E-state index contributed by atoms with van der Waals surface area (Å²) in [6.45, 7) is 7.29. The normalized spacial score (nSPS) is 10.9. The molecule has 1 aromatic heterocycles. The molecule has 0 unspecified atom stereocenters. The lowest BCUT2D eigenvalue weighted by Crippen LogP contribution is -2.39. The first-order valence-electron chi connectivity index (χ1n) is 7.96. The van der Waals surface area contributed by atoms with Gasteiger partial charge in [0.1, 0.15) is 0 Å². The maximum atomic E-state index is 13.4. The van der Waals surface area contributed by atoms with Crippen LogP contribution in [0.25, 0.3) is 0 Å². The van der Waals surface area contributed by atoms with Crippen LogP contribution in [0.1, 0.15) is 24.2 Å². The lowest BCUT2D eigenvalue weighted by atomic mass is 10.2. The summed E-state index contributed by atoms with van der Waals surface area (Å²) in [6.07, 6.45) is 1.31. The minimum atomic E-state index is -0.654. The van der Waals surface area contributed by atoms with Crippen molar-refractivity contribution in [3.63, 3.8) is 0 Å². The van der Waals surface area contributed by atoms with E-state index in [9.17, 15) is 9.18 Å². The van der Waals surface area contributed by atoms with Gasteiger partial charge in [0.25, 0.3) is 5.91 Å². The molecule has 0 saturated heterocycles. The Bertz CT molecular complexity index is 691. The molecule has 1 heterocycles. The first-order chi connectivity index (χ1) is 11.5. The number of anilines is 1. The summed E-state index contributed by atoms with van der Waals surface area (Å²) in [5.74, 6) is -0.889. The summed E-state index contributed by atoms with van der Waals surface area (Å²) in [5.41, 5.74) is 1.07. The van der Waals surface area contributed by atoms with Crippen LogP contribution >= 0.6 is 15.9 Å². The van der Waals surface area contributed by atoms with Crippen LogP contribution in [0.2, 0.25) is 0 Å². The third-order valence-electron chi connectivity index (χ3n) is 3.87. The molecule has 6 heteroatoms. The van der Waals surface area contributed by atoms with E-state index in [1.807, 2.05) is 24.3 Å². The summed E-state index contributed by atoms with van der Waals surface area (Å²) in [5, 5.41) is 0. The van der Waals surface area contributed by atoms with Crippen LogP contribution in [0.4, 0.5) is 10.1 Å². The van der Waals surface area contributed by atoms with Gasteiger partial charge in [-0.05, 0) is 37.4 Å². The SMILES string of the molecule is CCN(CC)CCN(C(=O)c1ccnc(F)c1)c1cccc(Br)c1. The summed E-state index contributed by atoms with van der Waals surface area (Å²) in [4.78, 5) is 20.3. The van der Waals surface area contributed by atoms with E-state index in [2.05, 4.69) is 39.7 Å². The number of carbonyl (C=O) groups excluding carboxylic acids is 1. The number of nitrogens with zero attached hydrogens (tertiary/aromatic N) is 3. The second-order valence-corrected chi connectivity index (χ2v) is 6.25. The van der Waals surface area contributed by atoms with Gasteiger partial charge < -0.3 is 9.80 Å². The highest BCUT2D eigenvalue weighted by molar-refractivity contribution is 9.10. The summed E-state index contributed by atoms with van der Waals surface area (Å²) >= 11 is 3.44. The lowest BCUT2D eigenvalue weighted by Gasteiger charge is -2.27. The van der Waals surface area contributed by atoms with Crippen LogP contribution in [0, 0.1) is 5.95 Å². The summed E-state index contributed by atoms with van der Waals surface area (Å²) < 4.78 is 14.3. The number of carbonyl (C=O) groups is 1. The third-order valence-corrected chi connectivity index (χ3v) is 4.37. The maximum absolute atomic E-state index is 13.4. The molecule has 0 atom stereocenters. The van der Waals surface area contributed by atoms with Crippen molar-refractivity contribution in [3.05, 3.63) is 58.6 Å². The second kappa shape index (κ2) is 8.89. The Morgan fingerprint density at radius 2 is 1.92 bits per heavy atom. The molecule has 0 bridgehead atoms. The highest BCUT2D eigenvalue weighted by Crippen LogP contribution is 2.22. The Balaban J connectivity index is 2.29. The number of halogens is 2. The molecular weight excluding hydrogens is 373 g/mol. The molecule has 128 valence electrons. The van der Waals surface area contributed by atoms with E-state index < -0.39 is 5.95 Å². The van der Waals surface area contributed by atoms with Crippen molar-refractivity contribution in [2.24, 2.45) is 0 Å². The molecular formula is C18H21BrFN3O. The van der Waals surface area contributed by atoms with Gasteiger partial charge in [-0.3, -0.25) is 4.79 Å². The second-order valence-electron chi connectivity index (χ2n) is 5.33. The van der Waals surface area contributed by atoms with Crippen molar-refractivity contribution >= 4 is 27.5 Å². The predicted octanol–water partition coefficient (Wildman–Crippen LogP) is 3.97. The van der Waals surface area contributed by atoms with Crippen LogP contribution in [0.15, 0.2) is 47.1 Å². The van der Waals surface area contributed by atoms with Crippen LogP contribution in [-0.4, -0.2) is 42.0 Å². The largest absolute Gasteiger partial charge is 0.307 e. The van der Waals surface area contributed by atoms with Gasteiger partial charge in [0, 0.05) is 41.1 Å². The average molecular weight is 394 g/mol. The fourth-order valence-corrected chi connectivity index (χ4v) is 2.85. The van der Waals surface area contributed by atoms with Crippen LogP contribution < -0.4 is 4.90 Å². The van der Waals surface area contributed by atoms with Crippen LogP contribution in [0.3, 0.4) is 0 Å². The number of hydrogen-bond donors (Lipinski definition) is 0. The van der Waals surface area contributed by atoms with Gasteiger partial charge >= 0.3 is 0 Å². The molecule has 1 aromatic carbocycles. The molecule has 0 saturated carbocycles. The molecule has 24 heavy (non-hydrogen) atoms. The van der Waals surface area contributed by atoms with Crippen molar-refractivity contribution in [3.8, 4) is 0 Å². The molecule has 4 nitrogen and oxygen atoms in total. The number of benzene rings is 1. The van der Waals surface area contributed by atoms with Crippen LogP contribution in [-0.2, 0) is 0 Å². The fraction of sp³-hybridized carbons (Fsp3) is 0.333. The summed E-state index contributed by atoms with van der Waals surface area (Å²) in [6, 6.07) is 10.3. The Labute approximate surface area is 150 Å². The smallest absolute Gasteiger partial charge is 0.258 e. The molecule has 0 aliphatic heterocycles. The number of amides is 1. The first kappa shape index (κ1) is 18.5. The third kappa shape index (κ3) is 4.85. The topological polar surface area (TPSA) is 36.4 Å². The van der Waals surface area contributed by atoms with E-state index in [0.717, 1.165) is 29.8 Å². The van der Waals surface area contributed by atoms with Crippen molar-refractivity contribution in [2.75, 3.05) is 31.1 Å². The molecule has 0 N–H and O–H groups in total. The van der Waals surface area contributed by atoms with E-state index in [1.54, 1.807) is 4.90 Å². The monoisotopic (exact) mass is 393 g/mol. The zero-order chi connectivity index (χ0) is 17.5. The predicted molar refractivity (Wildman–Crippen MR) is 97.8 cm³/mol. The number of hydrogen-bond acceptors (Lipinski definition) is 3. The number of likely N-dealkylation sites (N-methyl/N-ethyl adjacent to an activating group) is 1. The molecule has 0 fully saturated rings. The zero-order valence-electron chi connectivity index (χ0n) is 13.9. The van der Waals surface area contributed by atoms with Gasteiger partial charge in [0.2, 0.25) is 5.95 Å². The van der Waals surface area contributed by atoms with E-state index in [0.29, 0.717) is 12.1 Å². The van der Waals surface area contributed by atoms with Gasteiger partial charge in [-0.1, -0.05) is 35.8 Å². The number of rotatable bonds is 7. The zero-order valence-corrected chi connectivity index (χ0v) is 15.5.